The average molecular weight is 363 g/mol. The molecule has 1 aliphatic heterocycles. The minimum Gasteiger partial charge on any atom is -0.353 e. The summed E-state index contributed by atoms with van der Waals surface area (Å²) in [5, 5.41) is 3.73. The summed E-state index contributed by atoms with van der Waals surface area (Å²) in [5.74, 6) is 0.575. The van der Waals surface area contributed by atoms with Gasteiger partial charge in [-0.25, -0.2) is 0 Å². The summed E-state index contributed by atoms with van der Waals surface area (Å²) >= 11 is 6.11. The molecule has 4 nitrogen and oxygen atoms in total. The van der Waals surface area contributed by atoms with Crippen LogP contribution in [0.15, 0.2) is 24.3 Å². The molecule has 1 saturated heterocycles. The number of hydrogen-bond donors (Lipinski definition) is 1. The zero-order valence-electron chi connectivity index (χ0n) is 14.7. The summed E-state index contributed by atoms with van der Waals surface area (Å²) in [6.45, 7) is 1.51. The lowest BCUT2D eigenvalue weighted by Crippen LogP contribution is -2.48. The number of benzene rings is 1. The van der Waals surface area contributed by atoms with E-state index in [1.807, 2.05) is 23.1 Å². The molecule has 1 aromatic carbocycles. The molecule has 5 heteroatoms. The van der Waals surface area contributed by atoms with E-state index in [9.17, 15) is 9.59 Å². The van der Waals surface area contributed by atoms with E-state index in [0.29, 0.717) is 17.4 Å². The number of nitrogens with zero attached hydrogens (tertiary/aromatic N) is 1. The van der Waals surface area contributed by atoms with E-state index >= 15 is 0 Å². The normalized spacial score (nSPS) is 19.6. The molecule has 2 amide bonds. The molecule has 136 valence electrons. The number of halogens is 1. The van der Waals surface area contributed by atoms with Crippen molar-refractivity contribution in [3.05, 3.63) is 34.9 Å². The summed E-state index contributed by atoms with van der Waals surface area (Å²) in [6, 6.07) is 7.60. The van der Waals surface area contributed by atoms with Crippen molar-refractivity contribution in [3.8, 4) is 0 Å². The molecule has 1 aromatic rings. The maximum Gasteiger partial charge on any atom is 0.225 e. The van der Waals surface area contributed by atoms with Crippen LogP contribution in [0, 0.1) is 5.92 Å². The summed E-state index contributed by atoms with van der Waals surface area (Å²) in [7, 11) is 0. The number of amides is 2. The van der Waals surface area contributed by atoms with Gasteiger partial charge in [0.2, 0.25) is 11.8 Å². The number of rotatable bonds is 4. The van der Waals surface area contributed by atoms with Crippen LogP contribution >= 0.6 is 11.6 Å². The Balaban J connectivity index is 1.43. The first-order valence-corrected chi connectivity index (χ1v) is 9.83. The summed E-state index contributed by atoms with van der Waals surface area (Å²) < 4.78 is 0. The molecular formula is C20H27ClN2O2. The first-order valence-electron chi connectivity index (χ1n) is 9.45. The van der Waals surface area contributed by atoms with Crippen LogP contribution in [0.2, 0.25) is 5.02 Å². The van der Waals surface area contributed by atoms with Gasteiger partial charge < -0.3 is 10.2 Å². The van der Waals surface area contributed by atoms with Gasteiger partial charge in [-0.3, -0.25) is 9.59 Å². The highest BCUT2D eigenvalue weighted by Crippen LogP contribution is 2.26. The molecule has 2 aliphatic rings. The Morgan fingerprint density at radius 3 is 2.40 bits per heavy atom. The molecule has 3 rings (SSSR count). The molecule has 0 atom stereocenters. The smallest absolute Gasteiger partial charge is 0.225 e. The molecule has 25 heavy (non-hydrogen) atoms. The quantitative estimate of drug-likeness (QED) is 0.890. The van der Waals surface area contributed by atoms with Crippen molar-refractivity contribution in [2.75, 3.05) is 13.1 Å². The molecule has 2 fully saturated rings. The van der Waals surface area contributed by atoms with Gasteiger partial charge >= 0.3 is 0 Å². The van der Waals surface area contributed by atoms with Crippen molar-refractivity contribution in [1.82, 2.24) is 10.2 Å². The third kappa shape index (κ3) is 4.97. The SMILES string of the molecule is O=C(Cc1ccccc1Cl)NC1CCN(C(=O)C2CCCCC2)CC1. The van der Waals surface area contributed by atoms with Gasteiger partial charge in [-0.1, -0.05) is 49.1 Å². The Morgan fingerprint density at radius 2 is 1.72 bits per heavy atom. The lowest BCUT2D eigenvalue weighted by atomic mass is 9.87. The average Bonchev–Trinajstić information content (AvgIpc) is 2.64. The number of piperidine rings is 1. The maximum atomic E-state index is 12.6. The van der Waals surface area contributed by atoms with Crippen LogP contribution in [0.1, 0.15) is 50.5 Å². The second-order valence-electron chi connectivity index (χ2n) is 7.27. The van der Waals surface area contributed by atoms with E-state index in [0.717, 1.165) is 44.3 Å². The minimum absolute atomic E-state index is 0.00478. The zero-order chi connectivity index (χ0) is 17.6. The van der Waals surface area contributed by atoms with E-state index < -0.39 is 0 Å². The predicted molar refractivity (Wildman–Crippen MR) is 99.5 cm³/mol. The summed E-state index contributed by atoms with van der Waals surface area (Å²) in [4.78, 5) is 26.8. The van der Waals surface area contributed by atoms with Gasteiger partial charge in [-0.05, 0) is 37.3 Å². The Bertz CT molecular complexity index is 605. The predicted octanol–water partition coefficient (Wildman–Crippen LogP) is 3.57. The topological polar surface area (TPSA) is 49.4 Å². The third-order valence-electron chi connectivity index (χ3n) is 5.44. The molecule has 1 heterocycles. The van der Waals surface area contributed by atoms with Crippen molar-refractivity contribution < 1.29 is 9.59 Å². The molecule has 0 radical (unpaired) electrons. The monoisotopic (exact) mass is 362 g/mol. The molecule has 0 aromatic heterocycles. The first kappa shape index (κ1) is 18.2. The van der Waals surface area contributed by atoms with Crippen molar-refractivity contribution in [2.24, 2.45) is 5.92 Å². The lowest BCUT2D eigenvalue weighted by Gasteiger charge is -2.35. The second-order valence-corrected chi connectivity index (χ2v) is 7.68. The van der Waals surface area contributed by atoms with Gasteiger partial charge in [0.1, 0.15) is 0 Å². The highest BCUT2D eigenvalue weighted by Gasteiger charge is 2.29. The van der Waals surface area contributed by atoms with Crippen LogP contribution in [-0.2, 0) is 16.0 Å². The number of carbonyl (C=O) groups is 2. The first-order chi connectivity index (χ1) is 12.1. The number of likely N-dealkylation sites (tertiary alicyclic amines) is 1. The van der Waals surface area contributed by atoms with Crippen LogP contribution in [-0.4, -0.2) is 35.8 Å². The minimum atomic E-state index is 0.00478. The van der Waals surface area contributed by atoms with Crippen molar-refractivity contribution in [1.29, 1.82) is 0 Å². The van der Waals surface area contributed by atoms with Crippen LogP contribution in [0.4, 0.5) is 0 Å². The molecule has 0 bridgehead atoms. The third-order valence-corrected chi connectivity index (χ3v) is 5.80. The fourth-order valence-corrected chi connectivity index (χ4v) is 4.15. The Hall–Kier alpha value is -1.55. The fourth-order valence-electron chi connectivity index (χ4n) is 3.95. The Kier molecular flexibility index (Phi) is 6.35. The molecular weight excluding hydrogens is 336 g/mol. The van der Waals surface area contributed by atoms with Crippen LogP contribution in [0.25, 0.3) is 0 Å². The van der Waals surface area contributed by atoms with Gasteiger partial charge in [0.05, 0.1) is 6.42 Å². The molecule has 0 unspecified atom stereocenters. The van der Waals surface area contributed by atoms with Crippen molar-refractivity contribution in [2.45, 2.75) is 57.4 Å². The van der Waals surface area contributed by atoms with Gasteiger partial charge in [-0.15, -0.1) is 0 Å². The molecule has 1 aliphatic carbocycles. The highest BCUT2D eigenvalue weighted by molar-refractivity contribution is 6.31. The number of nitrogens with one attached hydrogen (secondary N) is 1. The summed E-state index contributed by atoms with van der Waals surface area (Å²) in [6.07, 6.45) is 7.72. The standard InChI is InChI=1S/C20H27ClN2O2/c21-18-9-5-4-8-16(18)14-19(24)22-17-10-12-23(13-11-17)20(25)15-6-2-1-3-7-15/h4-5,8-9,15,17H,1-3,6-7,10-14H2,(H,22,24). The molecule has 1 N–H and O–H groups in total. The second kappa shape index (κ2) is 8.70. The largest absolute Gasteiger partial charge is 0.353 e. The number of carbonyl (C=O) groups excluding carboxylic acids is 2. The van der Waals surface area contributed by atoms with Crippen LogP contribution in [0.5, 0.6) is 0 Å². The van der Waals surface area contributed by atoms with Crippen molar-refractivity contribution in [3.63, 3.8) is 0 Å². The van der Waals surface area contributed by atoms with Crippen LogP contribution < -0.4 is 5.32 Å². The summed E-state index contributed by atoms with van der Waals surface area (Å²) in [5.41, 5.74) is 0.853. The van der Waals surface area contributed by atoms with E-state index in [4.69, 9.17) is 11.6 Å². The van der Waals surface area contributed by atoms with Gasteiger partial charge in [0.15, 0.2) is 0 Å². The molecule has 0 spiro atoms. The van der Waals surface area contributed by atoms with E-state index in [1.165, 1.54) is 19.3 Å². The highest BCUT2D eigenvalue weighted by atomic mass is 35.5. The van der Waals surface area contributed by atoms with Gasteiger partial charge in [-0.2, -0.15) is 0 Å². The maximum absolute atomic E-state index is 12.6. The van der Waals surface area contributed by atoms with E-state index in [-0.39, 0.29) is 17.9 Å². The lowest BCUT2D eigenvalue weighted by molar-refractivity contribution is -0.137. The van der Waals surface area contributed by atoms with E-state index in [1.54, 1.807) is 6.07 Å². The number of hydrogen-bond acceptors (Lipinski definition) is 2. The zero-order valence-corrected chi connectivity index (χ0v) is 15.4. The van der Waals surface area contributed by atoms with Crippen molar-refractivity contribution >= 4 is 23.4 Å². The Morgan fingerprint density at radius 1 is 1.04 bits per heavy atom. The van der Waals surface area contributed by atoms with Gasteiger partial charge in [0.25, 0.3) is 0 Å². The van der Waals surface area contributed by atoms with Crippen LogP contribution in [0.3, 0.4) is 0 Å². The molecule has 1 saturated carbocycles. The fraction of sp³-hybridized carbons (Fsp3) is 0.600. The van der Waals surface area contributed by atoms with E-state index in [2.05, 4.69) is 5.32 Å². The van der Waals surface area contributed by atoms with Gasteiger partial charge in [0, 0.05) is 30.1 Å². The Labute approximate surface area is 154 Å².